The highest BCUT2D eigenvalue weighted by Gasteiger charge is 2.20. The van der Waals surface area contributed by atoms with Gasteiger partial charge >= 0.3 is 0 Å². The van der Waals surface area contributed by atoms with Gasteiger partial charge < -0.3 is 10.6 Å². The van der Waals surface area contributed by atoms with E-state index in [1.54, 1.807) is 0 Å². The number of hydrogen-bond acceptors (Lipinski definition) is 2. The monoisotopic (exact) mass is 252 g/mol. The summed E-state index contributed by atoms with van der Waals surface area (Å²) in [4.78, 5) is 2.44. The summed E-state index contributed by atoms with van der Waals surface area (Å²) in [7, 11) is 0. The van der Waals surface area contributed by atoms with Gasteiger partial charge in [-0.3, -0.25) is 0 Å². The lowest BCUT2D eigenvalue weighted by Gasteiger charge is -2.34. The van der Waals surface area contributed by atoms with Crippen LogP contribution in [0.4, 0.5) is 11.4 Å². The van der Waals surface area contributed by atoms with Crippen LogP contribution in [0.15, 0.2) is 42.5 Å². The number of rotatable bonds is 2. The summed E-state index contributed by atoms with van der Waals surface area (Å²) < 4.78 is 0. The normalized spacial score (nSPS) is 14.3. The lowest BCUT2D eigenvalue weighted by molar-refractivity contribution is 0.762. The Morgan fingerprint density at radius 3 is 2.79 bits per heavy atom. The molecule has 2 N–H and O–H groups in total. The van der Waals surface area contributed by atoms with Gasteiger partial charge in [0.25, 0.3) is 0 Å². The third-order valence-corrected chi connectivity index (χ3v) is 3.92. The standard InChI is InChI=1S/C17H20N2/c1-13-6-4-8-15(12-18)17(13)19-11-5-9-14-7-2-3-10-16(14)19/h2-4,6-8,10H,5,9,11-12,18H2,1H3. The smallest absolute Gasteiger partial charge is 0.0486 e. The van der Waals surface area contributed by atoms with E-state index in [1.165, 1.54) is 40.9 Å². The Hall–Kier alpha value is -1.80. The summed E-state index contributed by atoms with van der Waals surface area (Å²) in [6.45, 7) is 3.84. The van der Waals surface area contributed by atoms with Crippen LogP contribution in [0.1, 0.15) is 23.1 Å². The molecule has 1 heterocycles. The molecule has 0 unspecified atom stereocenters. The van der Waals surface area contributed by atoms with Gasteiger partial charge in [-0.25, -0.2) is 0 Å². The van der Waals surface area contributed by atoms with Gasteiger partial charge in [0.05, 0.1) is 0 Å². The Morgan fingerprint density at radius 2 is 1.95 bits per heavy atom. The maximum Gasteiger partial charge on any atom is 0.0486 e. The van der Waals surface area contributed by atoms with Crippen molar-refractivity contribution in [3.8, 4) is 0 Å². The molecule has 0 bridgehead atoms. The fraction of sp³-hybridized carbons (Fsp3) is 0.294. The molecule has 0 saturated carbocycles. The van der Waals surface area contributed by atoms with Crippen LogP contribution in [0.5, 0.6) is 0 Å². The Kier molecular flexibility index (Phi) is 3.26. The van der Waals surface area contributed by atoms with Crippen molar-refractivity contribution < 1.29 is 0 Å². The SMILES string of the molecule is Cc1cccc(CN)c1N1CCCc2ccccc21. The van der Waals surface area contributed by atoms with E-state index in [4.69, 9.17) is 5.73 Å². The minimum Gasteiger partial charge on any atom is -0.341 e. The Morgan fingerprint density at radius 1 is 1.11 bits per heavy atom. The summed E-state index contributed by atoms with van der Waals surface area (Å²) in [6.07, 6.45) is 2.38. The van der Waals surface area contributed by atoms with Crippen molar-refractivity contribution in [3.05, 3.63) is 59.2 Å². The number of anilines is 2. The number of nitrogens with zero attached hydrogens (tertiary/aromatic N) is 1. The van der Waals surface area contributed by atoms with Crippen LogP contribution in [0, 0.1) is 6.92 Å². The summed E-state index contributed by atoms with van der Waals surface area (Å²) in [5, 5.41) is 0. The minimum atomic E-state index is 0.593. The van der Waals surface area contributed by atoms with E-state index in [0.717, 1.165) is 6.54 Å². The molecule has 1 aliphatic heterocycles. The van der Waals surface area contributed by atoms with E-state index >= 15 is 0 Å². The third kappa shape index (κ3) is 2.13. The van der Waals surface area contributed by atoms with Crippen LogP contribution in [-0.2, 0) is 13.0 Å². The van der Waals surface area contributed by atoms with Crippen LogP contribution >= 0.6 is 0 Å². The summed E-state index contributed by atoms with van der Waals surface area (Å²) in [5.41, 5.74) is 12.6. The molecule has 0 atom stereocenters. The molecular formula is C17H20N2. The van der Waals surface area contributed by atoms with Gasteiger partial charge in [-0.1, -0.05) is 36.4 Å². The molecule has 0 radical (unpaired) electrons. The molecule has 2 nitrogen and oxygen atoms in total. The predicted molar refractivity (Wildman–Crippen MR) is 80.8 cm³/mol. The first-order valence-electron chi connectivity index (χ1n) is 6.95. The topological polar surface area (TPSA) is 29.3 Å². The Balaban J connectivity index is 2.14. The first-order chi connectivity index (χ1) is 9.31. The largest absolute Gasteiger partial charge is 0.341 e. The highest BCUT2D eigenvalue weighted by atomic mass is 15.1. The first kappa shape index (κ1) is 12.2. The van der Waals surface area contributed by atoms with Crippen LogP contribution in [-0.4, -0.2) is 6.54 Å². The van der Waals surface area contributed by atoms with Crippen molar-refractivity contribution in [1.82, 2.24) is 0 Å². The lowest BCUT2D eigenvalue weighted by atomic mass is 9.98. The fourth-order valence-electron chi connectivity index (χ4n) is 3.04. The van der Waals surface area contributed by atoms with E-state index in [1.807, 2.05) is 0 Å². The first-order valence-corrected chi connectivity index (χ1v) is 6.95. The lowest BCUT2D eigenvalue weighted by Crippen LogP contribution is -2.26. The number of fused-ring (bicyclic) bond motifs is 1. The van der Waals surface area contributed by atoms with Crippen LogP contribution < -0.4 is 10.6 Å². The van der Waals surface area contributed by atoms with Crippen molar-refractivity contribution in [2.75, 3.05) is 11.4 Å². The van der Waals surface area contributed by atoms with Gasteiger partial charge in [-0.15, -0.1) is 0 Å². The Bertz CT molecular complexity index is 590. The zero-order chi connectivity index (χ0) is 13.2. The third-order valence-electron chi connectivity index (χ3n) is 3.92. The molecule has 0 fully saturated rings. The molecule has 2 aromatic carbocycles. The second-order valence-electron chi connectivity index (χ2n) is 5.17. The number of nitrogens with two attached hydrogens (primary N) is 1. The highest BCUT2D eigenvalue weighted by molar-refractivity contribution is 5.72. The summed E-state index contributed by atoms with van der Waals surface area (Å²) in [5.74, 6) is 0. The van der Waals surface area contributed by atoms with E-state index in [0.29, 0.717) is 6.54 Å². The van der Waals surface area contributed by atoms with Crippen molar-refractivity contribution in [3.63, 3.8) is 0 Å². The van der Waals surface area contributed by atoms with Gasteiger partial charge in [0.15, 0.2) is 0 Å². The van der Waals surface area contributed by atoms with Gasteiger partial charge in [0, 0.05) is 24.5 Å². The summed E-state index contributed by atoms with van der Waals surface area (Å²) >= 11 is 0. The molecule has 0 saturated heterocycles. The molecule has 0 aromatic heterocycles. The molecule has 3 rings (SSSR count). The number of aryl methyl sites for hydroxylation is 2. The quantitative estimate of drug-likeness (QED) is 0.885. The molecule has 0 aliphatic carbocycles. The summed E-state index contributed by atoms with van der Waals surface area (Å²) in [6, 6.07) is 15.1. The Labute approximate surface area is 114 Å². The van der Waals surface area contributed by atoms with E-state index in [-0.39, 0.29) is 0 Å². The maximum absolute atomic E-state index is 5.92. The molecule has 2 heteroatoms. The number of hydrogen-bond donors (Lipinski definition) is 1. The van der Waals surface area contributed by atoms with Gasteiger partial charge in [-0.2, -0.15) is 0 Å². The zero-order valence-corrected chi connectivity index (χ0v) is 11.4. The van der Waals surface area contributed by atoms with E-state index in [9.17, 15) is 0 Å². The maximum atomic E-state index is 5.92. The van der Waals surface area contributed by atoms with E-state index in [2.05, 4.69) is 54.3 Å². The van der Waals surface area contributed by atoms with Crippen LogP contribution in [0.25, 0.3) is 0 Å². The predicted octanol–water partition coefficient (Wildman–Crippen LogP) is 3.54. The van der Waals surface area contributed by atoms with Crippen LogP contribution in [0.3, 0.4) is 0 Å². The zero-order valence-electron chi connectivity index (χ0n) is 11.4. The van der Waals surface area contributed by atoms with E-state index < -0.39 is 0 Å². The van der Waals surface area contributed by atoms with Crippen molar-refractivity contribution in [1.29, 1.82) is 0 Å². The minimum absolute atomic E-state index is 0.593. The van der Waals surface area contributed by atoms with Crippen LogP contribution in [0.2, 0.25) is 0 Å². The highest BCUT2D eigenvalue weighted by Crippen LogP contribution is 2.36. The molecule has 19 heavy (non-hydrogen) atoms. The fourth-order valence-corrected chi connectivity index (χ4v) is 3.04. The molecule has 0 spiro atoms. The van der Waals surface area contributed by atoms with Crippen molar-refractivity contribution in [2.24, 2.45) is 5.73 Å². The number of para-hydroxylation sites is 2. The second kappa shape index (κ2) is 5.06. The van der Waals surface area contributed by atoms with Gasteiger partial charge in [-0.05, 0) is 42.5 Å². The molecular weight excluding hydrogens is 232 g/mol. The van der Waals surface area contributed by atoms with Gasteiger partial charge in [0.2, 0.25) is 0 Å². The number of benzene rings is 2. The molecule has 0 amide bonds. The molecule has 1 aliphatic rings. The molecule has 98 valence electrons. The molecule has 2 aromatic rings. The average molecular weight is 252 g/mol. The van der Waals surface area contributed by atoms with Gasteiger partial charge in [0.1, 0.15) is 0 Å². The van der Waals surface area contributed by atoms with Crippen molar-refractivity contribution >= 4 is 11.4 Å². The van der Waals surface area contributed by atoms with Crippen molar-refractivity contribution in [2.45, 2.75) is 26.3 Å². The average Bonchev–Trinajstić information content (AvgIpc) is 2.46. The second-order valence-corrected chi connectivity index (χ2v) is 5.17.